The molecule has 1 aromatic heterocycles. The summed E-state index contributed by atoms with van der Waals surface area (Å²) >= 11 is 0. The maximum atomic E-state index is 14.7. The molecule has 2 amide bonds. The third kappa shape index (κ3) is 3.99. The smallest absolute Gasteiger partial charge is 0.346 e. The molecule has 40 heavy (non-hydrogen) atoms. The first-order chi connectivity index (χ1) is 18.7. The van der Waals surface area contributed by atoms with Crippen molar-refractivity contribution >= 4 is 22.8 Å². The lowest BCUT2D eigenvalue weighted by molar-refractivity contribution is -0.145. The summed E-state index contributed by atoms with van der Waals surface area (Å²) in [5, 5.41) is 3.09. The van der Waals surface area contributed by atoms with Crippen LogP contribution in [-0.2, 0) is 15.8 Å². The summed E-state index contributed by atoms with van der Waals surface area (Å²) < 4.78 is 54.1. The number of aromatic nitrogens is 2. The highest BCUT2D eigenvalue weighted by Crippen LogP contribution is 2.65. The molecule has 3 fully saturated rings. The van der Waals surface area contributed by atoms with Crippen molar-refractivity contribution in [3.63, 3.8) is 0 Å². The Morgan fingerprint density at radius 1 is 1.15 bits per heavy atom. The fourth-order valence-corrected chi connectivity index (χ4v) is 9.05. The Bertz CT molecular complexity index is 1400. The molecule has 2 heterocycles. The number of hydrogen-bond donors (Lipinski definition) is 2. The Hall–Kier alpha value is -2.91. The monoisotopic (exact) mass is 560 g/mol. The van der Waals surface area contributed by atoms with E-state index in [1.54, 1.807) is 24.9 Å². The van der Waals surface area contributed by atoms with Gasteiger partial charge in [-0.3, -0.25) is 9.59 Å². The summed E-state index contributed by atoms with van der Waals surface area (Å²) in [6.07, 6.45) is 2.35. The van der Waals surface area contributed by atoms with Gasteiger partial charge in [-0.05, 0) is 92.9 Å². The van der Waals surface area contributed by atoms with Gasteiger partial charge in [0.1, 0.15) is 5.82 Å². The van der Waals surface area contributed by atoms with Gasteiger partial charge in [-0.1, -0.05) is 13.8 Å². The second kappa shape index (κ2) is 9.05. The number of nitrogens with one attached hydrogen (secondary N) is 2. The van der Waals surface area contributed by atoms with Crippen LogP contribution in [-0.4, -0.2) is 39.8 Å². The minimum absolute atomic E-state index is 0.0116. The number of fused-ring (bicyclic) bond motifs is 6. The van der Waals surface area contributed by atoms with Crippen LogP contribution in [0.3, 0.4) is 0 Å². The number of benzene rings is 1. The average molecular weight is 561 g/mol. The van der Waals surface area contributed by atoms with Gasteiger partial charge in [-0.25, -0.2) is 9.37 Å². The zero-order chi connectivity index (χ0) is 28.8. The van der Waals surface area contributed by atoms with Gasteiger partial charge in [0.2, 0.25) is 5.91 Å². The van der Waals surface area contributed by atoms with Crippen LogP contribution in [0.15, 0.2) is 30.1 Å². The molecule has 216 valence electrons. The predicted molar refractivity (Wildman–Crippen MR) is 141 cm³/mol. The van der Waals surface area contributed by atoms with Crippen LogP contribution >= 0.6 is 0 Å². The number of nitrogens with zero attached hydrogens (tertiary/aromatic N) is 2. The Morgan fingerprint density at radius 3 is 2.62 bits per heavy atom. The quantitative estimate of drug-likeness (QED) is 0.432. The number of likely N-dealkylation sites (N-methyl/N-ethyl adjacent to an activating group) is 1. The van der Waals surface area contributed by atoms with Gasteiger partial charge in [0.05, 0.1) is 22.6 Å². The Kier molecular flexibility index (Phi) is 6.17. The molecule has 3 saturated carbocycles. The van der Waals surface area contributed by atoms with Crippen LogP contribution in [0.5, 0.6) is 0 Å². The third-order valence-electron chi connectivity index (χ3n) is 11.1. The first kappa shape index (κ1) is 27.3. The van der Waals surface area contributed by atoms with Crippen LogP contribution in [0, 0.1) is 34.5 Å². The number of halogens is 4. The van der Waals surface area contributed by atoms with Crippen molar-refractivity contribution in [2.24, 2.45) is 34.5 Å². The number of H-pyrrole nitrogens is 1. The van der Waals surface area contributed by atoms with E-state index in [2.05, 4.69) is 29.1 Å². The second-order valence-electron chi connectivity index (χ2n) is 13.0. The first-order valence-corrected chi connectivity index (χ1v) is 14.3. The highest BCUT2D eigenvalue weighted by Gasteiger charge is 2.62. The number of imidazole rings is 1. The zero-order valence-electron chi connectivity index (χ0n) is 23.2. The lowest BCUT2D eigenvalue weighted by Crippen LogP contribution is -2.60. The SMILES string of the molecule is CC(NC(=O)[C@H]1CC[C@H]2[C@@H]3CC[C@H]4N(C)C(=O)C(F)=C[C@]4(C)[C@H]3CC[C@]12C)c1nc2ccc(C(F)(F)F)cc2[nH]1. The molecule has 0 bridgehead atoms. The lowest BCUT2D eigenvalue weighted by atomic mass is 9.47. The molecule has 1 unspecified atom stereocenters. The maximum absolute atomic E-state index is 14.7. The van der Waals surface area contributed by atoms with E-state index in [-0.39, 0.29) is 34.7 Å². The second-order valence-corrected chi connectivity index (χ2v) is 13.0. The molecule has 0 spiro atoms. The molecule has 10 heteroatoms. The predicted octanol–water partition coefficient (Wildman–Crippen LogP) is 6.31. The van der Waals surface area contributed by atoms with E-state index in [0.717, 1.165) is 50.7 Å². The van der Waals surface area contributed by atoms with Crippen molar-refractivity contribution in [2.75, 3.05) is 7.05 Å². The number of carbonyl (C=O) groups excluding carboxylic acids is 2. The number of carbonyl (C=O) groups is 2. The maximum Gasteiger partial charge on any atom is 0.416 e. The summed E-state index contributed by atoms with van der Waals surface area (Å²) in [6.45, 7) is 6.11. The van der Waals surface area contributed by atoms with Crippen LogP contribution in [0.25, 0.3) is 11.0 Å². The van der Waals surface area contributed by atoms with E-state index >= 15 is 0 Å². The molecular weight excluding hydrogens is 524 g/mol. The molecular formula is C30H36F4N4O2. The highest BCUT2D eigenvalue weighted by atomic mass is 19.4. The molecule has 8 atom stereocenters. The number of hydrogen-bond acceptors (Lipinski definition) is 3. The van der Waals surface area contributed by atoms with Gasteiger partial charge in [0.15, 0.2) is 5.83 Å². The molecule has 6 nitrogen and oxygen atoms in total. The van der Waals surface area contributed by atoms with E-state index < -0.39 is 34.9 Å². The minimum atomic E-state index is -4.45. The molecule has 1 aliphatic heterocycles. The molecule has 1 aromatic carbocycles. The average Bonchev–Trinajstić information content (AvgIpc) is 3.47. The van der Waals surface area contributed by atoms with Gasteiger partial charge in [-0.15, -0.1) is 0 Å². The van der Waals surface area contributed by atoms with Crippen molar-refractivity contribution in [2.45, 2.75) is 77.6 Å². The van der Waals surface area contributed by atoms with Crippen LogP contribution in [0.4, 0.5) is 17.6 Å². The van der Waals surface area contributed by atoms with E-state index in [1.165, 1.54) is 6.07 Å². The summed E-state index contributed by atoms with van der Waals surface area (Å²) in [5.74, 6) is -0.0606. The summed E-state index contributed by atoms with van der Waals surface area (Å²) in [5.41, 5.74) is -0.664. The molecule has 2 N–H and O–H groups in total. The topological polar surface area (TPSA) is 78.1 Å². The number of amides is 2. The number of rotatable bonds is 3. The van der Waals surface area contributed by atoms with Crippen molar-refractivity contribution in [3.05, 3.63) is 41.5 Å². The van der Waals surface area contributed by atoms with Gasteiger partial charge in [0, 0.05) is 24.4 Å². The van der Waals surface area contributed by atoms with Crippen LogP contribution in [0.2, 0.25) is 0 Å². The van der Waals surface area contributed by atoms with E-state index in [0.29, 0.717) is 23.2 Å². The number of alkyl halides is 3. The molecule has 3 aliphatic carbocycles. The molecule has 0 radical (unpaired) electrons. The Morgan fingerprint density at radius 2 is 1.90 bits per heavy atom. The van der Waals surface area contributed by atoms with Gasteiger partial charge < -0.3 is 15.2 Å². The Labute approximate surface area is 231 Å². The van der Waals surface area contributed by atoms with Crippen molar-refractivity contribution in [3.8, 4) is 0 Å². The van der Waals surface area contributed by atoms with E-state index in [1.807, 2.05) is 0 Å². The zero-order valence-corrected chi connectivity index (χ0v) is 23.2. The summed E-state index contributed by atoms with van der Waals surface area (Å²) in [4.78, 5) is 35.0. The van der Waals surface area contributed by atoms with Crippen LogP contribution < -0.4 is 5.32 Å². The van der Waals surface area contributed by atoms with Crippen molar-refractivity contribution in [1.29, 1.82) is 0 Å². The molecule has 6 rings (SSSR count). The van der Waals surface area contributed by atoms with E-state index in [4.69, 9.17) is 0 Å². The fraction of sp³-hybridized carbons (Fsp3) is 0.633. The largest absolute Gasteiger partial charge is 0.416 e. The van der Waals surface area contributed by atoms with Crippen molar-refractivity contribution < 1.29 is 27.2 Å². The fourth-order valence-electron chi connectivity index (χ4n) is 9.05. The van der Waals surface area contributed by atoms with E-state index in [9.17, 15) is 27.2 Å². The van der Waals surface area contributed by atoms with Crippen LogP contribution in [0.1, 0.15) is 76.7 Å². The Balaban J connectivity index is 1.19. The summed E-state index contributed by atoms with van der Waals surface area (Å²) in [7, 11) is 1.71. The normalized spacial score (nSPS) is 36.5. The third-order valence-corrected chi connectivity index (χ3v) is 11.1. The standard InChI is InChI=1S/C30H36F4N4O2/c1-15(25-36-22-9-5-16(30(32,33)34)13-23(22)37-25)35-26(39)20-8-7-18-17-6-10-24-29(3,14-21(31)27(40)38(24)4)19(17)11-12-28(18,20)2/h5,9,13-15,17-20,24H,6-8,10-12H2,1-4H3,(H,35,39)(H,36,37)/t15?,17-,18-,19-,20+,24+,28-,29+/m0/s1. The van der Waals surface area contributed by atoms with Gasteiger partial charge in [-0.2, -0.15) is 13.2 Å². The minimum Gasteiger partial charge on any atom is -0.346 e. The molecule has 2 aromatic rings. The molecule has 4 aliphatic rings. The molecule has 0 saturated heterocycles. The van der Waals surface area contributed by atoms with Crippen molar-refractivity contribution in [1.82, 2.24) is 20.2 Å². The van der Waals surface area contributed by atoms with Gasteiger partial charge >= 0.3 is 6.18 Å². The highest BCUT2D eigenvalue weighted by molar-refractivity contribution is 5.92. The lowest BCUT2D eigenvalue weighted by Gasteiger charge is -2.60. The number of aromatic amines is 1. The van der Waals surface area contributed by atoms with Gasteiger partial charge in [0.25, 0.3) is 5.91 Å². The summed E-state index contributed by atoms with van der Waals surface area (Å²) in [6, 6.07) is 2.88. The first-order valence-electron chi connectivity index (χ1n) is 14.3.